The molecule has 19 heavy (non-hydrogen) atoms. The van der Waals surface area contributed by atoms with E-state index in [1.165, 1.54) is 24.0 Å². The van der Waals surface area contributed by atoms with Crippen LogP contribution in [0.25, 0.3) is 0 Å². The Labute approximate surface area is 120 Å². The zero-order valence-electron chi connectivity index (χ0n) is 11.7. The second-order valence-electron chi connectivity index (χ2n) is 5.94. The molecule has 0 amide bonds. The van der Waals surface area contributed by atoms with Crippen molar-refractivity contribution in [3.8, 4) is 5.75 Å². The molecule has 3 rings (SSSR count). The van der Waals surface area contributed by atoms with Crippen molar-refractivity contribution < 1.29 is 4.74 Å². The van der Waals surface area contributed by atoms with Crippen LogP contribution in [-0.4, -0.2) is 29.5 Å². The topological polar surface area (TPSA) is 12.5 Å². The summed E-state index contributed by atoms with van der Waals surface area (Å²) in [5.74, 6) is 1.01. The number of ether oxygens (including phenoxy) is 1. The minimum absolute atomic E-state index is 0.383. The third kappa shape index (κ3) is 2.61. The first-order chi connectivity index (χ1) is 9.17. The van der Waals surface area contributed by atoms with Gasteiger partial charge >= 0.3 is 0 Å². The minimum Gasteiger partial charge on any atom is -0.496 e. The van der Waals surface area contributed by atoms with Crippen LogP contribution < -0.4 is 4.74 Å². The molecular formula is C16H22ClNO. The zero-order chi connectivity index (χ0) is 13.4. The number of nitrogens with zero attached hydrogens (tertiary/aromatic N) is 1. The van der Waals surface area contributed by atoms with Crippen molar-refractivity contribution in [2.45, 2.75) is 56.6 Å². The average molecular weight is 280 g/mol. The van der Waals surface area contributed by atoms with Gasteiger partial charge in [-0.25, -0.2) is 0 Å². The van der Waals surface area contributed by atoms with E-state index < -0.39 is 0 Å². The number of aryl methyl sites for hydroxylation is 1. The lowest BCUT2D eigenvalue weighted by Crippen LogP contribution is -2.42. The summed E-state index contributed by atoms with van der Waals surface area (Å²) >= 11 is 6.35. The first-order valence-corrected chi connectivity index (χ1v) is 7.64. The van der Waals surface area contributed by atoms with E-state index in [0.717, 1.165) is 25.1 Å². The molecule has 0 aromatic heterocycles. The number of fused-ring (bicyclic) bond motifs is 2. The second kappa shape index (κ2) is 5.34. The van der Waals surface area contributed by atoms with E-state index in [2.05, 4.69) is 30.0 Å². The fourth-order valence-corrected chi connectivity index (χ4v) is 4.10. The first kappa shape index (κ1) is 13.3. The molecule has 0 saturated carbocycles. The van der Waals surface area contributed by atoms with Crippen LogP contribution in [0.15, 0.2) is 18.2 Å². The highest BCUT2D eigenvalue weighted by atomic mass is 35.5. The van der Waals surface area contributed by atoms with Gasteiger partial charge in [-0.3, -0.25) is 4.90 Å². The Kier molecular flexibility index (Phi) is 3.72. The fourth-order valence-electron chi connectivity index (χ4n) is 3.69. The molecule has 2 nitrogen and oxygen atoms in total. The maximum Gasteiger partial charge on any atom is 0.123 e. The maximum absolute atomic E-state index is 6.35. The number of methoxy groups -OCH3 is 1. The Bertz CT molecular complexity index is 448. The van der Waals surface area contributed by atoms with Gasteiger partial charge in [-0.15, -0.1) is 11.6 Å². The van der Waals surface area contributed by atoms with Gasteiger partial charge in [-0.05, 0) is 38.7 Å². The highest BCUT2D eigenvalue weighted by molar-refractivity contribution is 6.20. The fraction of sp³-hybridized carbons (Fsp3) is 0.625. The standard InChI is InChI=1S/C16H22ClNO/c1-11-3-6-16(19-2)12(7-11)10-18-14-4-5-15(18)9-13(17)8-14/h3,6-7,13-15H,4-5,8-10H2,1-2H3. The molecule has 1 aromatic carbocycles. The minimum atomic E-state index is 0.383. The molecule has 2 aliphatic heterocycles. The lowest BCUT2D eigenvalue weighted by Gasteiger charge is -2.37. The van der Waals surface area contributed by atoms with Crippen molar-refractivity contribution in [1.29, 1.82) is 0 Å². The lowest BCUT2D eigenvalue weighted by molar-refractivity contribution is 0.133. The summed E-state index contributed by atoms with van der Waals surface area (Å²) in [5, 5.41) is 0.383. The van der Waals surface area contributed by atoms with Gasteiger partial charge in [-0.1, -0.05) is 17.7 Å². The smallest absolute Gasteiger partial charge is 0.123 e. The van der Waals surface area contributed by atoms with Gasteiger partial charge in [0, 0.05) is 29.6 Å². The monoisotopic (exact) mass is 279 g/mol. The number of halogens is 1. The van der Waals surface area contributed by atoms with Crippen LogP contribution in [0, 0.1) is 6.92 Å². The highest BCUT2D eigenvalue weighted by Crippen LogP contribution is 2.39. The Balaban J connectivity index is 1.80. The molecule has 2 unspecified atom stereocenters. The van der Waals surface area contributed by atoms with E-state index in [9.17, 15) is 0 Å². The molecule has 3 heteroatoms. The van der Waals surface area contributed by atoms with E-state index in [1.54, 1.807) is 7.11 Å². The number of hydrogen-bond acceptors (Lipinski definition) is 2. The van der Waals surface area contributed by atoms with E-state index in [0.29, 0.717) is 17.5 Å². The third-order valence-corrected chi connectivity index (χ3v) is 4.97. The van der Waals surface area contributed by atoms with Crippen LogP contribution in [0.3, 0.4) is 0 Å². The quantitative estimate of drug-likeness (QED) is 0.782. The van der Waals surface area contributed by atoms with Crippen molar-refractivity contribution in [2.75, 3.05) is 7.11 Å². The van der Waals surface area contributed by atoms with Crippen LogP contribution in [-0.2, 0) is 6.54 Å². The summed E-state index contributed by atoms with van der Waals surface area (Å²) in [6.07, 6.45) is 4.91. The molecule has 1 aromatic rings. The Morgan fingerprint density at radius 3 is 2.58 bits per heavy atom. The van der Waals surface area contributed by atoms with Crippen LogP contribution in [0.5, 0.6) is 5.75 Å². The number of hydrogen-bond donors (Lipinski definition) is 0. The third-order valence-electron chi connectivity index (χ3n) is 4.62. The van der Waals surface area contributed by atoms with Crippen molar-refractivity contribution in [3.05, 3.63) is 29.3 Å². The molecule has 0 radical (unpaired) electrons. The van der Waals surface area contributed by atoms with Gasteiger partial charge in [0.25, 0.3) is 0 Å². The summed E-state index contributed by atoms with van der Waals surface area (Å²) in [6, 6.07) is 7.80. The van der Waals surface area contributed by atoms with Crippen LogP contribution >= 0.6 is 11.6 Å². The average Bonchev–Trinajstić information content (AvgIpc) is 2.62. The number of benzene rings is 1. The van der Waals surface area contributed by atoms with E-state index in [-0.39, 0.29) is 0 Å². The molecule has 2 heterocycles. The molecule has 0 N–H and O–H groups in total. The lowest BCUT2D eigenvalue weighted by atomic mass is 10.0. The van der Waals surface area contributed by atoms with E-state index in [1.807, 2.05) is 0 Å². The summed E-state index contributed by atoms with van der Waals surface area (Å²) < 4.78 is 5.50. The van der Waals surface area contributed by atoms with Crippen LogP contribution in [0.4, 0.5) is 0 Å². The van der Waals surface area contributed by atoms with Crippen molar-refractivity contribution >= 4 is 11.6 Å². The van der Waals surface area contributed by atoms with Crippen molar-refractivity contribution in [1.82, 2.24) is 4.90 Å². The number of alkyl halides is 1. The molecule has 2 atom stereocenters. The second-order valence-corrected chi connectivity index (χ2v) is 6.56. The number of rotatable bonds is 3. The molecule has 2 aliphatic rings. The summed E-state index contributed by atoms with van der Waals surface area (Å²) in [5.41, 5.74) is 2.61. The normalized spacial score (nSPS) is 30.6. The van der Waals surface area contributed by atoms with Gasteiger partial charge in [-0.2, -0.15) is 0 Å². The molecular weight excluding hydrogens is 258 g/mol. The molecule has 104 valence electrons. The molecule has 0 aliphatic carbocycles. The Morgan fingerprint density at radius 2 is 1.95 bits per heavy atom. The summed E-state index contributed by atoms with van der Waals surface area (Å²) in [7, 11) is 1.76. The first-order valence-electron chi connectivity index (χ1n) is 7.20. The molecule has 2 saturated heterocycles. The highest BCUT2D eigenvalue weighted by Gasteiger charge is 2.40. The van der Waals surface area contributed by atoms with E-state index >= 15 is 0 Å². The molecule has 2 bridgehead atoms. The molecule has 2 fully saturated rings. The van der Waals surface area contributed by atoms with Gasteiger partial charge in [0.1, 0.15) is 5.75 Å². The number of piperidine rings is 1. The Hall–Kier alpha value is -0.730. The van der Waals surface area contributed by atoms with Crippen molar-refractivity contribution in [2.24, 2.45) is 0 Å². The predicted octanol–water partition coefficient (Wildman–Crippen LogP) is 3.74. The van der Waals surface area contributed by atoms with Crippen LogP contribution in [0.2, 0.25) is 0 Å². The Morgan fingerprint density at radius 1 is 1.26 bits per heavy atom. The summed E-state index contributed by atoms with van der Waals surface area (Å²) in [4.78, 5) is 2.65. The predicted molar refractivity (Wildman–Crippen MR) is 79.0 cm³/mol. The van der Waals surface area contributed by atoms with Gasteiger partial charge < -0.3 is 4.74 Å². The molecule has 0 spiro atoms. The zero-order valence-corrected chi connectivity index (χ0v) is 12.5. The maximum atomic E-state index is 6.35. The van der Waals surface area contributed by atoms with Crippen molar-refractivity contribution in [3.63, 3.8) is 0 Å². The van der Waals surface area contributed by atoms with Crippen LogP contribution in [0.1, 0.15) is 36.8 Å². The van der Waals surface area contributed by atoms with Gasteiger partial charge in [0.2, 0.25) is 0 Å². The van der Waals surface area contributed by atoms with Gasteiger partial charge in [0.15, 0.2) is 0 Å². The van der Waals surface area contributed by atoms with Gasteiger partial charge in [0.05, 0.1) is 7.11 Å². The summed E-state index contributed by atoms with van der Waals surface area (Å²) in [6.45, 7) is 3.15. The SMILES string of the molecule is COc1ccc(C)cc1CN1C2CCC1CC(Cl)C2. The van der Waals surface area contributed by atoms with E-state index in [4.69, 9.17) is 16.3 Å². The largest absolute Gasteiger partial charge is 0.496 e.